The molecule has 0 bridgehead atoms. The summed E-state index contributed by atoms with van der Waals surface area (Å²) in [5, 5.41) is 8.95. The van der Waals surface area contributed by atoms with Crippen LogP contribution in [0.2, 0.25) is 0 Å². The van der Waals surface area contributed by atoms with E-state index in [4.69, 9.17) is 0 Å². The molecule has 3 rings (SSSR count). The minimum absolute atomic E-state index is 0. The van der Waals surface area contributed by atoms with E-state index in [1.54, 1.807) is 0 Å². The molecule has 0 spiro atoms. The lowest BCUT2D eigenvalue weighted by Crippen LogP contribution is -2.34. The number of rotatable bonds is 6. The van der Waals surface area contributed by atoms with Crippen LogP contribution in [0.4, 0.5) is 15.8 Å². The van der Waals surface area contributed by atoms with E-state index < -0.39 is 5.82 Å². The van der Waals surface area contributed by atoms with Crippen LogP contribution in [0.25, 0.3) is 0 Å². The van der Waals surface area contributed by atoms with Crippen LogP contribution < -0.4 is 16.0 Å². The minimum Gasteiger partial charge on any atom is -0.326 e. The maximum absolute atomic E-state index is 14.2. The minimum atomic E-state index is -0.483. The van der Waals surface area contributed by atoms with Crippen LogP contribution in [0.15, 0.2) is 18.2 Å². The van der Waals surface area contributed by atoms with Crippen molar-refractivity contribution in [3.63, 3.8) is 0 Å². The Bertz CT molecular complexity index is 689. The summed E-state index contributed by atoms with van der Waals surface area (Å²) in [5.74, 6) is 0.0756. The average molecular weight is 426 g/mol. The van der Waals surface area contributed by atoms with Crippen molar-refractivity contribution in [1.29, 1.82) is 0 Å². The number of halogens is 2. The molecule has 1 saturated heterocycles. The van der Waals surface area contributed by atoms with E-state index in [-0.39, 0.29) is 35.8 Å². The molecule has 3 N–H and O–H groups in total. The number of carbonyl (C=O) groups is 2. The Labute approximate surface area is 179 Å². The van der Waals surface area contributed by atoms with Gasteiger partial charge in [0.25, 0.3) is 0 Å². The van der Waals surface area contributed by atoms with Crippen LogP contribution in [0, 0.1) is 23.6 Å². The van der Waals surface area contributed by atoms with Gasteiger partial charge in [-0.2, -0.15) is 0 Å². The van der Waals surface area contributed by atoms with Crippen molar-refractivity contribution >= 4 is 35.6 Å². The highest BCUT2D eigenvalue weighted by Crippen LogP contribution is 2.27. The predicted molar refractivity (Wildman–Crippen MR) is 117 cm³/mol. The molecule has 1 aliphatic carbocycles. The van der Waals surface area contributed by atoms with Gasteiger partial charge in [-0.05, 0) is 68.8 Å². The summed E-state index contributed by atoms with van der Waals surface area (Å²) in [5.41, 5.74) is 0.650. The Hall–Kier alpha value is -1.66. The molecule has 1 aliphatic heterocycles. The first-order valence-corrected chi connectivity index (χ1v) is 10.6. The molecule has 2 atom stereocenters. The van der Waals surface area contributed by atoms with Gasteiger partial charge in [0.1, 0.15) is 5.82 Å². The molecular weight excluding hydrogens is 393 g/mol. The number of amides is 2. The lowest BCUT2D eigenvalue weighted by atomic mass is 9.85. The van der Waals surface area contributed by atoms with Gasteiger partial charge in [0, 0.05) is 18.0 Å². The lowest BCUT2D eigenvalue weighted by molar-refractivity contribution is -0.120. The Morgan fingerprint density at radius 2 is 1.90 bits per heavy atom. The topological polar surface area (TPSA) is 70.2 Å². The molecule has 0 radical (unpaired) electrons. The number of carbonyl (C=O) groups excluding carboxylic acids is 2. The summed E-state index contributed by atoms with van der Waals surface area (Å²) < 4.78 is 14.2. The Kier molecular flexibility index (Phi) is 9.37. The number of nitrogens with one attached hydrogen (secondary N) is 3. The van der Waals surface area contributed by atoms with Crippen molar-refractivity contribution in [3.05, 3.63) is 24.0 Å². The van der Waals surface area contributed by atoms with Crippen LogP contribution in [0.5, 0.6) is 0 Å². The van der Waals surface area contributed by atoms with E-state index in [0.717, 1.165) is 58.0 Å². The van der Waals surface area contributed by atoms with Crippen LogP contribution in [-0.4, -0.2) is 24.9 Å². The van der Waals surface area contributed by atoms with Gasteiger partial charge in [-0.1, -0.05) is 26.2 Å². The van der Waals surface area contributed by atoms with Crippen LogP contribution in [0.3, 0.4) is 0 Å². The van der Waals surface area contributed by atoms with Crippen molar-refractivity contribution in [3.8, 4) is 0 Å². The molecule has 162 valence electrons. The third kappa shape index (κ3) is 6.96. The zero-order chi connectivity index (χ0) is 19.9. The zero-order valence-electron chi connectivity index (χ0n) is 17.1. The zero-order valence-corrected chi connectivity index (χ0v) is 18.0. The fraction of sp³-hybridized carbons (Fsp3) is 0.636. The molecule has 2 aliphatic rings. The molecule has 1 heterocycles. The van der Waals surface area contributed by atoms with Gasteiger partial charge in [0.2, 0.25) is 11.8 Å². The van der Waals surface area contributed by atoms with Crippen molar-refractivity contribution < 1.29 is 14.0 Å². The lowest BCUT2D eigenvalue weighted by Gasteiger charge is -2.28. The third-order valence-corrected chi connectivity index (χ3v) is 6.13. The summed E-state index contributed by atoms with van der Waals surface area (Å²) in [6.07, 6.45) is 7.71. The summed E-state index contributed by atoms with van der Waals surface area (Å²) in [4.78, 5) is 24.8. The van der Waals surface area contributed by atoms with E-state index >= 15 is 0 Å². The number of anilines is 2. The predicted octanol–water partition coefficient (Wildman–Crippen LogP) is 4.73. The maximum atomic E-state index is 14.2. The number of hydrogen-bond acceptors (Lipinski definition) is 3. The highest BCUT2D eigenvalue weighted by molar-refractivity contribution is 5.95. The fourth-order valence-electron chi connectivity index (χ4n) is 4.33. The van der Waals surface area contributed by atoms with Gasteiger partial charge in [-0.3, -0.25) is 9.59 Å². The molecule has 2 amide bonds. The highest BCUT2D eigenvalue weighted by Gasteiger charge is 2.23. The molecule has 2 unspecified atom stereocenters. The van der Waals surface area contributed by atoms with Gasteiger partial charge in [-0.15, -0.1) is 12.4 Å². The van der Waals surface area contributed by atoms with Crippen molar-refractivity contribution in [2.24, 2.45) is 17.8 Å². The largest absolute Gasteiger partial charge is 0.326 e. The average Bonchev–Trinajstić information content (AvgIpc) is 2.71. The number of benzene rings is 1. The number of piperidine rings is 1. The van der Waals surface area contributed by atoms with Crippen LogP contribution in [-0.2, 0) is 9.59 Å². The molecule has 7 heteroatoms. The Morgan fingerprint density at radius 3 is 2.59 bits per heavy atom. The van der Waals surface area contributed by atoms with Gasteiger partial charge >= 0.3 is 0 Å². The quantitative estimate of drug-likeness (QED) is 0.617. The molecule has 2 fully saturated rings. The highest BCUT2D eigenvalue weighted by atomic mass is 35.5. The summed E-state index contributed by atoms with van der Waals surface area (Å²) in [6, 6.07) is 4.34. The van der Waals surface area contributed by atoms with E-state index in [9.17, 15) is 14.0 Å². The second kappa shape index (κ2) is 11.5. The number of hydrogen-bond donors (Lipinski definition) is 3. The first-order valence-electron chi connectivity index (χ1n) is 10.6. The van der Waals surface area contributed by atoms with Crippen LogP contribution >= 0.6 is 12.4 Å². The van der Waals surface area contributed by atoms with Crippen molar-refractivity contribution in [2.75, 3.05) is 23.7 Å². The molecular formula is C22H33ClFN3O2. The van der Waals surface area contributed by atoms with Gasteiger partial charge in [-0.25, -0.2) is 4.39 Å². The molecule has 0 aromatic heterocycles. The molecule has 1 saturated carbocycles. The second-order valence-electron chi connectivity index (χ2n) is 8.35. The second-order valence-corrected chi connectivity index (χ2v) is 8.35. The first kappa shape index (κ1) is 23.6. The Balaban J connectivity index is 0.00000300. The standard InChI is InChI=1S/C22H32FN3O2.ClH/c1-15(17-8-5-11-24-14-17)12-21(27)25-18-9-10-19(23)20(13-18)26-22(28)16-6-3-2-4-7-16;/h9-10,13,15-17,24H,2-8,11-12,14H2,1H3,(H,25,27)(H,26,28);1H. The van der Waals surface area contributed by atoms with Gasteiger partial charge in [0.05, 0.1) is 5.69 Å². The SMILES string of the molecule is CC(CC(=O)Nc1ccc(F)c(NC(=O)C2CCCCC2)c1)C1CCCNC1.Cl. The van der Waals surface area contributed by atoms with Crippen molar-refractivity contribution in [2.45, 2.75) is 58.3 Å². The van der Waals surface area contributed by atoms with E-state index in [2.05, 4.69) is 22.9 Å². The summed E-state index contributed by atoms with van der Waals surface area (Å²) >= 11 is 0. The van der Waals surface area contributed by atoms with Gasteiger partial charge < -0.3 is 16.0 Å². The molecule has 5 nitrogen and oxygen atoms in total. The summed E-state index contributed by atoms with van der Waals surface area (Å²) in [7, 11) is 0. The molecule has 1 aromatic rings. The van der Waals surface area contributed by atoms with E-state index in [0.29, 0.717) is 23.9 Å². The van der Waals surface area contributed by atoms with Crippen LogP contribution in [0.1, 0.15) is 58.3 Å². The molecule has 1 aromatic carbocycles. The smallest absolute Gasteiger partial charge is 0.227 e. The normalized spacial score (nSPS) is 21.0. The summed E-state index contributed by atoms with van der Waals surface area (Å²) in [6.45, 7) is 4.13. The monoisotopic (exact) mass is 425 g/mol. The fourth-order valence-corrected chi connectivity index (χ4v) is 4.33. The maximum Gasteiger partial charge on any atom is 0.227 e. The first-order chi connectivity index (χ1) is 13.5. The van der Waals surface area contributed by atoms with E-state index in [1.807, 2.05) is 0 Å². The van der Waals surface area contributed by atoms with Crippen molar-refractivity contribution in [1.82, 2.24) is 5.32 Å². The third-order valence-electron chi connectivity index (χ3n) is 6.13. The molecule has 29 heavy (non-hydrogen) atoms. The van der Waals surface area contributed by atoms with E-state index in [1.165, 1.54) is 18.2 Å². The van der Waals surface area contributed by atoms with Gasteiger partial charge in [0.15, 0.2) is 0 Å². The Morgan fingerprint density at radius 1 is 1.14 bits per heavy atom.